The zero-order valence-electron chi connectivity index (χ0n) is 15.8. The molecule has 0 radical (unpaired) electrons. The fourth-order valence-corrected chi connectivity index (χ4v) is 3.73. The van der Waals surface area contributed by atoms with E-state index in [2.05, 4.69) is 14.9 Å². The number of aromatic nitrogens is 2. The molecule has 0 atom stereocenters. The predicted molar refractivity (Wildman–Crippen MR) is 103 cm³/mol. The molecular weight excluding hydrogens is 382 g/mol. The average molecular weight is 403 g/mol. The number of methoxy groups -OCH3 is 2. The highest BCUT2D eigenvalue weighted by molar-refractivity contribution is 7.88. The second-order valence-electron chi connectivity index (χ2n) is 6.15. The van der Waals surface area contributed by atoms with Crippen molar-refractivity contribution in [1.29, 1.82) is 0 Å². The number of nitrogens with one attached hydrogen (secondary N) is 1. The smallest absolute Gasteiger partial charge is 0.242 e. The standard InChI is InChI=1S/C19H21N3O5S/c1-13-5-4-6-14(9-13)12-28(23,24)20-11-18-21-19(22-27-18)15-7-8-16(25-2)17(10-15)26-3/h4-10,20H,11-12H2,1-3H3. The molecule has 8 nitrogen and oxygen atoms in total. The molecule has 0 amide bonds. The molecule has 0 bridgehead atoms. The fourth-order valence-electron chi connectivity index (χ4n) is 2.66. The van der Waals surface area contributed by atoms with Gasteiger partial charge in [-0.25, -0.2) is 13.1 Å². The van der Waals surface area contributed by atoms with Gasteiger partial charge in [-0.05, 0) is 30.7 Å². The molecule has 1 aromatic heterocycles. The highest BCUT2D eigenvalue weighted by Gasteiger charge is 2.16. The Morgan fingerprint density at radius 3 is 2.57 bits per heavy atom. The molecule has 0 spiro atoms. The lowest BCUT2D eigenvalue weighted by Gasteiger charge is -2.07. The van der Waals surface area contributed by atoms with Crippen molar-refractivity contribution in [3.05, 3.63) is 59.5 Å². The summed E-state index contributed by atoms with van der Waals surface area (Å²) in [5, 5.41) is 3.90. The third-order valence-electron chi connectivity index (χ3n) is 3.99. The topological polar surface area (TPSA) is 104 Å². The van der Waals surface area contributed by atoms with E-state index in [-0.39, 0.29) is 18.2 Å². The van der Waals surface area contributed by atoms with Gasteiger partial charge >= 0.3 is 0 Å². The van der Waals surface area contributed by atoms with Gasteiger partial charge in [0, 0.05) is 5.56 Å². The Kier molecular flexibility index (Phi) is 5.96. The Bertz CT molecular complexity index is 1060. The summed E-state index contributed by atoms with van der Waals surface area (Å²) in [7, 11) is -0.456. The molecule has 28 heavy (non-hydrogen) atoms. The SMILES string of the molecule is COc1ccc(-c2noc(CNS(=O)(=O)Cc3cccc(C)c3)n2)cc1OC. The van der Waals surface area contributed by atoms with Gasteiger partial charge in [0.1, 0.15) is 0 Å². The molecule has 3 rings (SSSR count). The lowest BCUT2D eigenvalue weighted by atomic mass is 10.2. The van der Waals surface area contributed by atoms with E-state index in [1.807, 2.05) is 25.1 Å². The molecule has 0 fully saturated rings. The second-order valence-corrected chi connectivity index (χ2v) is 7.96. The largest absolute Gasteiger partial charge is 0.493 e. The molecule has 1 N–H and O–H groups in total. The van der Waals surface area contributed by atoms with Crippen molar-refractivity contribution in [2.75, 3.05) is 14.2 Å². The summed E-state index contributed by atoms with van der Waals surface area (Å²) in [6.07, 6.45) is 0. The first-order valence-corrected chi connectivity index (χ1v) is 10.1. The molecule has 3 aromatic rings. The minimum atomic E-state index is -3.54. The zero-order valence-corrected chi connectivity index (χ0v) is 16.6. The Labute approximate surface area is 163 Å². The molecule has 9 heteroatoms. The predicted octanol–water partition coefficient (Wildman–Crippen LogP) is 2.68. The Balaban J connectivity index is 1.68. The number of nitrogens with zero attached hydrogens (tertiary/aromatic N) is 2. The van der Waals surface area contributed by atoms with Crippen LogP contribution in [0.2, 0.25) is 0 Å². The van der Waals surface area contributed by atoms with Gasteiger partial charge in [0.15, 0.2) is 11.5 Å². The van der Waals surface area contributed by atoms with Gasteiger partial charge in [0.2, 0.25) is 21.7 Å². The molecule has 0 unspecified atom stereocenters. The van der Waals surface area contributed by atoms with Crippen molar-refractivity contribution in [2.24, 2.45) is 0 Å². The van der Waals surface area contributed by atoms with Gasteiger partial charge in [-0.3, -0.25) is 0 Å². The normalized spacial score (nSPS) is 11.4. The van der Waals surface area contributed by atoms with E-state index in [9.17, 15) is 8.42 Å². The van der Waals surface area contributed by atoms with E-state index < -0.39 is 10.0 Å². The van der Waals surface area contributed by atoms with E-state index >= 15 is 0 Å². The quantitative estimate of drug-likeness (QED) is 0.617. The third-order valence-corrected chi connectivity index (χ3v) is 5.29. The summed E-state index contributed by atoms with van der Waals surface area (Å²) < 4.78 is 42.7. The van der Waals surface area contributed by atoms with Crippen LogP contribution in [0.25, 0.3) is 11.4 Å². The minimum Gasteiger partial charge on any atom is -0.493 e. The highest BCUT2D eigenvalue weighted by atomic mass is 32.2. The van der Waals surface area contributed by atoms with Crippen LogP contribution < -0.4 is 14.2 Å². The minimum absolute atomic E-state index is 0.0889. The molecule has 0 aliphatic rings. The fraction of sp³-hybridized carbons (Fsp3) is 0.263. The van der Waals surface area contributed by atoms with Crippen LogP contribution in [0, 0.1) is 6.92 Å². The maximum atomic E-state index is 12.3. The van der Waals surface area contributed by atoms with E-state index in [1.54, 1.807) is 31.4 Å². The highest BCUT2D eigenvalue weighted by Crippen LogP contribution is 2.31. The number of rotatable bonds is 8. The summed E-state index contributed by atoms with van der Waals surface area (Å²) in [6.45, 7) is 1.83. The number of hydrogen-bond donors (Lipinski definition) is 1. The van der Waals surface area contributed by atoms with Crippen LogP contribution in [0.5, 0.6) is 11.5 Å². The molecule has 0 saturated carbocycles. The Hall–Kier alpha value is -2.91. The van der Waals surface area contributed by atoms with Crippen LogP contribution in [-0.4, -0.2) is 32.8 Å². The first-order valence-electron chi connectivity index (χ1n) is 8.48. The van der Waals surface area contributed by atoms with Gasteiger partial charge in [0.25, 0.3) is 0 Å². The maximum absolute atomic E-state index is 12.3. The molecule has 2 aromatic carbocycles. The summed E-state index contributed by atoms with van der Waals surface area (Å²) in [5.74, 6) is 1.49. The molecular formula is C19H21N3O5S. The summed E-state index contributed by atoms with van der Waals surface area (Å²) in [6, 6.07) is 12.6. The average Bonchev–Trinajstić information content (AvgIpc) is 3.15. The summed E-state index contributed by atoms with van der Waals surface area (Å²) in [5.41, 5.74) is 2.38. The van der Waals surface area contributed by atoms with Crippen LogP contribution in [0.1, 0.15) is 17.0 Å². The van der Waals surface area contributed by atoms with Crippen LogP contribution in [0.3, 0.4) is 0 Å². The van der Waals surface area contributed by atoms with Gasteiger partial charge in [-0.15, -0.1) is 0 Å². The molecule has 0 saturated heterocycles. The monoisotopic (exact) mass is 403 g/mol. The number of sulfonamides is 1. The van der Waals surface area contributed by atoms with Crippen molar-refractivity contribution in [3.63, 3.8) is 0 Å². The van der Waals surface area contributed by atoms with Crippen molar-refractivity contribution in [2.45, 2.75) is 19.2 Å². The Morgan fingerprint density at radius 2 is 1.86 bits per heavy atom. The van der Waals surface area contributed by atoms with Crippen molar-refractivity contribution < 1.29 is 22.4 Å². The number of benzene rings is 2. The van der Waals surface area contributed by atoms with Crippen molar-refractivity contribution in [1.82, 2.24) is 14.9 Å². The maximum Gasteiger partial charge on any atom is 0.242 e. The third kappa shape index (κ3) is 4.87. The second kappa shape index (κ2) is 8.41. The first-order chi connectivity index (χ1) is 13.4. The van der Waals surface area contributed by atoms with Crippen LogP contribution in [-0.2, 0) is 22.3 Å². The lowest BCUT2D eigenvalue weighted by molar-refractivity contribution is 0.355. The van der Waals surface area contributed by atoms with Crippen molar-refractivity contribution >= 4 is 10.0 Å². The number of ether oxygens (including phenoxy) is 2. The van der Waals surface area contributed by atoms with E-state index in [0.717, 1.165) is 5.56 Å². The Morgan fingerprint density at radius 1 is 1.07 bits per heavy atom. The number of aryl methyl sites for hydroxylation is 1. The summed E-state index contributed by atoms with van der Waals surface area (Å²) in [4.78, 5) is 4.23. The van der Waals surface area contributed by atoms with E-state index in [4.69, 9.17) is 14.0 Å². The van der Waals surface area contributed by atoms with E-state index in [0.29, 0.717) is 28.5 Å². The van der Waals surface area contributed by atoms with Gasteiger partial charge in [-0.2, -0.15) is 4.98 Å². The van der Waals surface area contributed by atoms with Gasteiger partial charge < -0.3 is 14.0 Å². The first kappa shape index (κ1) is 19.8. The van der Waals surface area contributed by atoms with Crippen molar-refractivity contribution in [3.8, 4) is 22.9 Å². The van der Waals surface area contributed by atoms with Gasteiger partial charge in [-0.1, -0.05) is 35.0 Å². The molecule has 0 aliphatic heterocycles. The van der Waals surface area contributed by atoms with Crippen LogP contribution in [0.15, 0.2) is 47.0 Å². The summed E-state index contributed by atoms with van der Waals surface area (Å²) >= 11 is 0. The van der Waals surface area contributed by atoms with Crippen LogP contribution in [0.4, 0.5) is 0 Å². The van der Waals surface area contributed by atoms with Gasteiger partial charge in [0.05, 0.1) is 26.5 Å². The zero-order chi connectivity index (χ0) is 20.1. The molecule has 148 valence electrons. The molecule has 0 aliphatic carbocycles. The molecule has 1 heterocycles. The lowest BCUT2D eigenvalue weighted by Crippen LogP contribution is -2.24. The van der Waals surface area contributed by atoms with Crippen LogP contribution >= 0.6 is 0 Å². The van der Waals surface area contributed by atoms with E-state index in [1.165, 1.54) is 7.11 Å². The number of hydrogen-bond acceptors (Lipinski definition) is 7.